The van der Waals surface area contributed by atoms with Crippen molar-refractivity contribution >= 4 is 17.8 Å². The number of benzene rings is 2. The minimum absolute atomic E-state index is 0.0808. The molecule has 0 atom stereocenters. The Balaban J connectivity index is 1.95. The van der Waals surface area contributed by atoms with Crippen LogP contribution in [0.15, 0.2) is 54.6 Å². The molecule has 0 radical (unpaired) electrons. The number of ether oxygens (including phenoxy) is 2. The molecule has 27 heavy (non-hydrogen) atoms. The van der Waals surface area contributed by atoms with Crippen molar-refractivity contribution in [3.63, 3.8) is 0 Å². The van der Waals surface area contributed by atoms with Crippen LogP contribution in [0.25, 0.3) is 6.08 Å². The van der Waals surface area contributed by atoms with E-state index in [-0.39, 0.29) is 12.4 Å². The highest BCUT2D eigenvalue weighted by atomic mass is 16.5. The van der Waals surface area contributed by atoms with Gasteiger partial charge in [0, 0.05) is 23.8 Å². The predicted octanol–water partition coefficient (Wildman–Crippen LogP) is 3.65. The SMILES string of the molecule is CCOC(=O)C=Cc1ccc(C(=O)c2ccc(OCCCCO)cc2)cc1. The van der Waals surface area contributed by atoms with Gasteiger partial charge in [-0.15, -0.1) is 0 Å². The lowest BCUT2D eigenvalue weighted by molar-refractivity contribution is -0.137. The van der Waals surface area contributed by atoms with E-state index in [1.807, 2.05) is 0 Å². The lowest BCUT2D eigenvalue weighted by Crippen LogP contribution is -2.02. The quantitative estimate of drug-likeness (QED) is 0.300. The van der Waals surface area contributed by atoms with Crippen molar-refractivity contribution in [1.82, 2.24) is 0 Å². The van der Waals surface area contributed by atoms with E-state index in [4.69, 9.17) is 14.6 Å². The highest BCUT2D eigenvalue weighted by Gasteiger charge is 2.09. The summed E-state index contributed by atoms with van der Waals surface area (Å²) in [5, 5.41) is 8.74. The van der Waals surface area contributed by atoms with Gasteiger partial charge in [0.05, 0.1) is 13.2 Å². The summed E-state index contributed by atoms with van der Waals surface area (Å²) >= 11 is 0. The number of hydrogen-bond donors (Lipinski definition) is 1. The maximum absolute atomic E-state index is 12.6. The number of carbonyl (C=O) groups is 2. The third-order valence-corrected chi connectivity index (χ3v) is 3.81. The maximum atomic E-state index is 12.6. The van der Waals surface area contributed by atoms with Gasteiger partial charge in [-0.1, -0.05) is 24.3 Å². The minimum Gasteiger partial charge on any atom is -0.494 e. The van der Waals surface area contributed by atoms with E-state index in [0.717, 1.165) is 12.0 Å². The zero-order chi connectivity index (χ0) is 19.5. The predicted molar refractivity (Wildman–Crippen MR) is 104 cm³/mol. The molecule has 0 saturated heterocycles. The van der Waals surface area contributed by atoms with E-state index >= 15 is 0 Å². The number of rotatable bonds is 10. The Labute approximate surface area is 159 Å². The average Bonchev–Trinajstić information content (AvgIpc) is 2.70. The molecule has 1 N–H and O–H groups in total. The topological polar surface area (TPSA) is 72.8 Å². The fourth-order valence-electron chi connectivity index (χ4n) is 2.37. The average molecular weight is 368 g/mol. The molecular formula is C22H24O5. The van der Waals surface area contributed by atoms with Gasteiger partial charge in [-0.3, -0.25) is 4.79 Å². The van der Waals surface area contributed by atoms with Gasteiger partial charge in [0.2, 0.25) is 0 Å². The van der Waals surface area contributed by atoms with Crippen LogP contribution in [0.1, 0.15) is 41.3 Å². The van der Waals surface area contributed by atoms with Gasteiger partial charge in [0.15, 0.2) is 5.78 Å². The molecule has 0 amide bonds. The van der Waals surface area contributed by atoms with Gasteiger partial charge in [-0.25, -0.2) is 4.79 Å². The summed E-state index contributed by atoms with van der Waals surface area (Å²) < 4.78 is 10.4. The van der Waals surface area contributed by atoms with Gasteiger partial charge in [0.25, 0.3) is 0 Å². The molecule has 0 aliphatic heterocycles. The fraction of sp³-hybridized carbons (Fsp3) is 0.273. The number of carbonyl (C=O) groups excluding carboxylic acids is 2. The van der Waals surface area contributed by atoms with Crippen LogP contribution >= 0.6 is 0 Å². The third kappa shape index (κ3) is 6.72. The zero-order valence-electron chi connectivity index (χ0n) is 15.4. The molecule has 142 valence electrons. The number of esters is 1. The van der Waals surface area contributed by atoms with Crippen LogP contribution in [0.2, 0.25) is 0 Å². The summed E-state index contributed by atoms with van der Waals surface area (Å²) in [5.74, 6) is 0.225. The molecule has 0 heterocycles. The molecule has 0 saturated carbocycles. The molecule has 0 aliphatic carbocycles. The Kier molecular flexibility index (Phi) is 8.26. The normalized spacial score (nSPS) is 10.7. The van der Waals surface area contributed by atoms with Gasteiger partial charge < -0.3 is 14.6 Å². The second-order valence-electron chi connectivity index (χ2n) is 5.84. The fourth-order valence-corrected chi connectivity index (χ4v) is 2.37. The summed E-state index contributed by atoms with van der Waals surface area (Å²) in [6.45, 7) is 2.79. The second-order valence-corrected chi connectivity index (χ2v) is 5.84. The number of ketones is 1. The first-order valence-electron chi connectivity index (χ1n) is 8.97. The first kappa shape index (κ1) is 20.4. The van der Waals surface area contributed by atoms with Crippen LogP contribution in [0.5, 0.6) is 5.75 Å². The van der Waals surface area contributed by atoms with Crippen LogP contribution in [-0.4, -0.2) is 36.7 Å². The van der Waals surface area contributed by atoms with Crippen molar-refractivity contribution in [3.8, 4) is 5.75 Å². The van der Waals surface area contributed by atoms with Gasteiger partial charge in [-0.2, -0.15) is 0 Å². The molecular weight excluding hydrogens is 344 g/mol. The van der Waals surface area contributed by atoms with Crippen molar-refractivity contribution in [3.05, 3.63) is 71.3 Å². The highest BCUT2D eigenvalue weighted by Crippen LogP contribution is 2.17. The Morgan fingerprint density at radius 1 is 0.963 bits per heavy atom. The molecule has 0 unspecified atom stereocenters. The van der Waals surface area contributed by atoms with Crippen molar-refractivity contribution in [1.29, 1.82) is 0 Å². The monoisotopic (exact) mass is 368 g/mol. The van der Waals surface area contributed by atoms with Crippen LogP contribution in [-0.2, 0) is 9.53 Å². The van der Waals surface area contributed by atoms with Gasteiger partial charge in [-0.05, 0) is 55.7 Å². The Morgan fingerprint density at radius 2 is 1.59 bits per heavy atom. The Morgan fingerprint density at radius 3 is 2.19 bits per heavy atom. The van der Waals surface area contributed by atoms with E-state index < -0.39 is 5.97 Å². The van der Waals surface area contributed by atoms with E-state index in [0.29, 0.717) is 36.5 Å². The van der Waals surface area contributed by atoms with Crippen molar-refractivity contribution in [2.45, 2.75) is 19.8 Å². The first-order valence-corrected chi connectivity index (χ1v) is 8.97. The number of hydrogen-bond acceptors (Lipinski definition) is 5. The summed E-state index contributed by atoms with van der Waals surface area (Å²) in [4.78, 5) is 23.9. The van der Waals surface area contributed by atoms with E-state index in [1.54, 1.807) is 61.5 Å². The van der Waals surface area contributed by atoms with E-state index in [9.17, 15) is 9.59 Å². The molecule has 5 heteroatoms. The molecule has 0 aliphatic rings. The van der Waals surface area contributed by atoms with Gasteiger partial charge >= 0.3 is 5.97 Å². The van der Waals surface area contributed by atoms with Gasteiger partial charge in [0.1, 0.15) is 5.75 Å². The van der Waals surface area contributed by atoms with Crippen LogP contribution in [0.3, 0.4) is 0 Å². The van der Waals surface area contributed by atoms with E-state index in [1.165, 1.54) is 6.08 Å². The van der Waals surface area contributed by atoms with Crippen molar-refractivity contribution in [2.75, 3.05) is 19.8 Å². The second kappa shape index (κ2) is 10.9. The Bertz CT molecular complexity index is 760. The van der Waals surface area contributed by atoms with Crippen molar-refractivity contribution in [2.24, 2.45) is 0 Å². The maximum Gasteiger partial charge on any atom is 0.330 e. The van der Waals surface area contributed by atoms with E-state index in [2.05, 4.69) is 0 Å². The number of aliphatic hydroxyl groups is 1. The molecule has 0 aromatic heterocycles. The third-order valence-electron chi connectivity index (χ3n) is 3.81. The standard InChI is InChI=1S/C22H24O5/c1-2-26-21(24)14-7-17-5-8-18(9-6-17)22(25)19-10-12-20(13-11-19)27-16-4-3-15-23/h5-14,23H,2-4,15-16H2,1H3. The molecule has 0 fully saturated rings. The van der Waals surface area contributed by atoms with Crippen LogP contribution in [0, 0.1) is 0 Å². The molecule has 5 nitrogen and oxygen atoms in total. The largest absolute Gasteiger partial charge is 0.494 e. The first-order chi connectivity index (χ1) is 13.1. The van der Waals surface area contributed by atoms with Crippen LogP contribution in [0.4, 0.5) is 0 Å². The summed E-state index contributed by atoms with van der Waals surface area (Å²) in [6.07, 6.45) is 4.50. The summed E-state index contributed by atoms with van der Waals surface area (Å²) in [5.41, 5.74) is 1.96. The van der Waals surface area contributed by atoms with Crippen molar-refractivity contribution < 1.29 is 24.2 Å². The molecule has 0 bridgehead atoms. The Hall–Kier alpha value is -2.92. The minimum atomic E-state index is -0.392. The summed E-state index contributed by atoms with van der Waals surface area (Å²) in [6, 6.07) is 14.0. The lowest BCUT2D eigenvalue weighted by atomic mass is 10.0. The number of aliphatic hydroxyl groups excluding tert-OH is 1. The lowest BCUT2D eigenvalue weighted by Gasteiger charge is -2.07. The molecule has 2 rings (SSSR count). The van der Waals surface area contributed by atoms with Crippen LogP contribution < -0.4 is 4.74 Å². The molecule has 2 aromatic rings. The molecule has 2 aromatic carbocycles. The molecule has 0 spiro atoms. The zero-order valence-corrected chi connectivity index (χ0v) is 15.4. The smallest absolute Gasteiger partial charge is 0.330 e. The summed E-state index contributed by atoms with van der Waals surface area (Å²) in [7, 11) is 0. The highest BCUT2D eigenvalue weighted by molar-refractivity contribution is 6.09. The number of unbranched alkanes of at least 4 members (excludes halogenated alkanes) is 1.